The normalized spacial score (nSPS) is 13.1. The highest BCUT2D eigenvalue weighted by atomic mass is 35.5. The van der Waals surface area contributed by atoms with Gasteiger partial charge in [-0.1, -0.05) is 31.1 Å². The van der Waals surface area contributed by atoms with E-state index in [-0.39, 0.29) is 35.6 Å². The van der Waals surface area contributed by atoms with Gasteiger partial charge in [-0.15, -0.1) is 12.4 Å². The van der Waals surface area contributed by atoms with Crippen LogP contribution < -0.4 is 5.73 Å². The first-order valence-electron chi connectivity index (χ1n) is 6.06. The van der Waals surface area contributed by atoms with Gasteiger partial charge in [-0.2, -0.15) is 18.2 Å². The van der Waals surface area contributed by atoms with Crippen molar-refractivity contribution in [3.63, 3.8) is 0 Å². The molecule has 0 aliphatic heterocycles. The molecule has 8 heteroatoms. The number of nitrogens with zero attached hydrogens (tertiary/aromatic N) is 2. The molecule has 1 aromatic carbocycles. The number of rotatable bonds is 3. The van der Waals surface area contributed by atoms with E-state index in [1.165, 1.54) is 12.1 Å². The lowest BCUT2D eigenvalue weighted by Gasteiger charge is -2.09. The predicted molar refractivity (Wildman–Crippen MR) is 73.8 cm³/mol. The summed E-state index contributed by atoms with van der Waals surface area (Å²) in [6, 6.07) is 4.32. The van der Waals surface area contributed by atoms with E-state index in [0.29, 0.717) is 0 Å². The van der Waals surface area contributed by atoms with Crippen LogP contribution >= 0.6 is 12.4 Å². The molecule has 1 heterocycles. The molecule has 0 saturated heterocycles. The fraction of sp³-hybridized carbons (Fsp3) is 0.385. The molecule has 0 spiro atoms. The van der Waals surface area contributed by atoms with Crippen molar-refractivity contribution in [1.29, 1.82) is 0 Å². The molecular weight excluding hydrogens is 307 g/mol. The molecule has 0 saturated carbocycles. The Hall–Kier alpha value is -1.60. The minimum Gasteiger partial charge on any atom is -0.337 e. The first kappa shape index (κ1) is 17.5. The molecule has 0 fully saturated rings. The molecule has 2 rings (SSSR count). The number of halogens is 4. The summed E-state index contributed by atoms with van der Waals surface area (Å²) in [5.74, 6) is 0.402. The zero-order chi connectivity index (χ0) is 14.9. The van der Waals surface area contributed by atoms with Gasteiger partial charge in [-0.05, 0) is 18.1 Å². The number of nitrogens with two attached hydrogens (primary N) is 1. The number of aromatic nitrogens is 2. The second kappa shape index (κ2) is 6.44. The molecule has 0 aliphatic rings. The quantitative estimate of drug-likeness (QED) is 0.933. The van der Waals surface area contributed by atoms with E-state index < -0.39 is 17.8 Å². The van der Waals surface area contributed by atoms with Crippen molar-refractivity contribution in [3.8, 4) is 11.4 Å². The van der Waals surface area contributed by atoms with Gasteiger partial charge in [0.05, 0.1) is 11.6 Å². The van der Waals surface area contributed by atoms with Crippen molar-refractivity contribution in [2.45, 2.75) is 26.1 Å². The van der Waals surface area contributed by atoms with E-state index in [0.717, 1.165) is 12.1 Å². The van der Waals surface area contributed by atoms with Crippen molar-refractivity contribution in [2.24, 2.45) is 11.7 Å². The minimum atomic E-state index is -4.41. The highest BCUT2D eigenvalue weighted by Crippen LogP contribution is 2.31. The molecule has 0 amide bonds. The largest absolute Gasteiger partial charge is 0.416 e. The maximum absolute atomic E-state index is 12.6. The molecule has 1 aromatic heterocycles. The second-order valence-electron chi connectivity index (χ2n) is 4.80. The van der Waals surface area contributed by atoms with Gasteiger partial charge in [-0.3, -0.25) is 0 Å². The van der Waals surface area contributed by atoms with Crippen LogP contribution in [0.15, 0.2) is 28.8 Å². The molecule has 2 aromatic rings. The van der Waals surface area contributed by atoms with E-state index in [1.807, 2.05) is 13.8 Å². The third kappa shape index (κ3) is 3.95. The second-order valence-corrected chi connectivity index (χ2v) is 4.80. The lowest BCUT2D eigenvalue weighted by Crippen LogP contribution is -2.16. The van der Waals surface area contributed by atoms with Gasteiger partial charge in [0.15, 0.2) is 0 Å². The van der Waals surface area contributed by atoms with E-state index in [2.05, 4.69) is 10.1 Å². The predicted octanol–water partition coefficient (Wildman–Crippen LogP) is 3.83. The third-order valence-electron chi connectivity index (χ3n) is 2.89. The standard InChI is InChI=1S/C13H14F3N3O.ClH/c1-7(2)10(17)12-18-11(19-20-12)8-4-3-5-9(6-8)13(14,15)16;/h3-7,10H,17H2,1-2H3;1H/t10-;/m0./s1. The minimum absolute atomic E-state index is 0. The topological polar surface area (TPSA) is 64.9 Å². The fourth-order valence-corrected chi connectivity index (χ4v) is 1.61. The Morgan fingerprint density at radius 1 is 1.24 bits per heavy atom. The van der Waals surface area contributed by atoms with Crippen LogP contribution in [-0.2, 0) is 6.18 Å². The molecule has 0 aliphatic carbocycles. The van der Waals surface area contributed by atoms with Gasteiger partial charge in [0.1, 0.15) is 0 Å². The SMILES string of the molecule is CC(C)[C@H](N)c1nc(-c2cccc(C(F)(F)F)c2)no1.Cl. The molecule has 116 valence electrons. The van der Waals surface area contributed by atoms with Crippen LogP contribution in [0.4, 0.5) is 13.2 Å². The summed E-state index contributed by atoms with van der Waals surface area (Å²) in [6.07, 6.45) is -4.41. The summed E-state index contributed by atoms with van der Waals surface area (Å²) in [7, 11) is 0. The number of hydrogen-bond acceptors (Lipinski definition) is 4. The van der Waals surface area contributed by atoms with Gasteiger partial charge in [-0.25, -0.2) is 0 Å². The average molecular weight is 322 g/mol. The van der Waals surface area contributed by atoms with Gasteiger partial charge < -0.3 is 10.3 Å². The maximum Gasteiger partial charge on any atom is 0.416 e. The summed E-state index contributed by atoms with van der Waals surface area (Å²) in [4.78, 5) is 4.05. The van der Waals surface area contributed by atoms with E-state index in [4.69, 9.17) is 10.3 Å². The van der Waals surface area contributed by atoms with Crippen molar-refractivity contribution in [1.82, 2.24) is 10.1 Å². The van der Waals surface area contributed by atoms with Crippen LogP contribution in [0.5, 0.6) is 0 Å². The Morgan fingerprint density at radius 3 is 2.48 bits per heavy atom. The number of alkyl halides is 3. The van der Waals surface area contributed by atoms with Crippen molar-refractivity contribution in [2.75, 3.05) is 0 Å². The third-order valence-corrected chi connectivity index (χ3v) is 2.89. The Balaban J connectivity index is 0.00000220. The van der Waals surface area contributed by atoms with E-state index in [1.54, 1.807) is 0 Å². The van der Waals surface area contributed by atoms with Crippen LogP contribution in [0.1, 0.15) is 31.3 Å². The Kier molecular flexibility index (Phi) is 5.36. The van der Waals surface area contributed by atoms with Crippen LogP contribution in [-0.4, -0.2) is 10.1 Å². The molecule has 1 atom stereocenters. The Morgan fingerprint density at radius 2 is 1.90 bits per heavy atom. The zero-order valence-corrected chi connectivity index (χ0v) is 12.2. The van der Waals surface area contributed by atoms with E-state index >= 15 is 0 Å². The molecule has 21 heavy (non-hydrogen) atoms. The zero-order valence-electron chi connectivity index (χ0n) is 11.4. The van der Waals surface area contributed by atoms with Crippen LogP contribution in [0, 0.1) is 5.92 Å². The number of benzene rings is 1. The highest BCUT2D eigenvalue weighted by Gasteiger charge is 2.31. The molecule has 0 radical (unpaired) electrons. The van der Waals surface area contributed by atoms with Crippen molar-refractivity contribution >= 4 is 12.4 Å². The summed E-state index contributed by atoms with van der Waals surface area (Å²) in [5, 5.41) is 3.68. The summed E-state index contributed by atoms with van der Waals surface area (Å²) in [5.41, 5.74) is 5.34. The first-order valence-corrected chi connectivity index (χ1v) is 6.06. The Labute approximate surface area is 125 Å². The molecule has 0 unspecified atom stereocenters. The van der Waals surface area contributed by atoms with Gasteiger partial charge in [0.2, 0.25) is 11.7 Å². The molecular formula is C13H15ClF3N3O. The van der Waals surface area contributed by atoms with Crippen LogP contribution in [0.25, 0.3) is 11.4 Å². The smallest absolute Gasteiger partial charge is 0.337 e. The lowest BCUT2D eigenvalue weighted by molar-refractivity contribution is -0.137. The van der Waals surface area contributed by atoms with Crippen molar-refractivity contribution < 1.29 is 17.7 Å². The van der Waals surface area contributed by atoms with Gasteiger partial charge >= 0.3 is 6.18 Å². The maximum atomic E-state index is 12.6. The van der Waals surface area contributed by atoms with Gasteiger partial charge in [0, 0.05) is 5.56 Å². The summed E-state index contributed by atoms with van der Waals surface area (Å²) in [6.45, 7) is 3.78. The first-order chi connectivity index (χ1) is 9.29. The molecule has 0 bridgehead atoms. The van der Waals surface area contributed by atoms with E-state index in [9.17, 15) is 13.2 Å². The fourth-order valence-electron chi connectivity index (χ4n) is 1.61. The highest BCUT2D eigenvalue weighted by molar-refractivity contribution is 5.85. The van der Waals surface area contributed by atoms with Crippen LogP contribution in [0.3, 0.4) is 0 Å². The van der Waals surface area contributed by atoms with Crippen LogP contribution in [0.2, 0.25) is 0 Å². The number of hydrogen-bond donors (Lipinski definition) is 1. The molecule has 2 N–H and O–H groups in total. The Bertz CT molecular complexity index is 598. The molecule has 4 nitrogen and oxygen atoms in total. The monoisotopic (exact) mass is 321 g/mol. The van der Waals surface area contributed by atoms with Gasteiger partial charge in [0.25, 0.3) is 0 Å². The summed E-state index contributed by atoms with van der Waals surface area (Å²) >= 11 is 0. The summed E-state index contributed by atoms with van der Waals surface area (Å²) < 4.78 is 42.9. The average Bonchev–Trinajstić information content (AvgIpc) is 2.86. The lowest BCUT2D eigenvalue weighted by atomic mass is 10.1. The van der Waals surface area contributed by atoms with Crippen molar-refractivity contribution in [3.05, 3.63) is 35.7 Å².